The average molecular weight is 402 g/mol. The summed E-state index contributed by atoms with van der Waals surface area (Å²) in [4.78, 5) is 39.6. The van der Waals surface area contributed by atoms with Crippen LogP contribution in [0, 0.1) is 0 Å². The molecule has 8 nitrogen and oxygen atoms in total. The standard InChI is InChI=1S/C21H26N2O6/c1-27-15-10-8-13-17(18(15)28-2)21(26)29-20(13)23-14(9-11-16(23)24)19(25)22-12-6-4-3-5-7-12/h8,10,12,14,20H,3-7,9,11H2,1-2H3,(H,22,25)/t14-,20+/m0/s1. The zero-order chi connectivity index (χ0) is 20.5. The zero-order valence-electron chi connectivity index (χ0n) is 16.7. The number of hydrogen-bond acceptors (Lipinski definition) is 6. The third-order valence-electron chi connectivity index (χ3n) is 6.03. The predicted octanol–water partition coefficient (Wildman–Crippen LogP) is 2.31. The summed E-state index contributed by atoms with van der Waals surface area (Å²) in [7, 11) is 2.93. The fraction of sp³-hybridized carbons (Fsp3) is 0.571. The van der Waals surface area contributed by atoms with Gasteiger partial charge in [-0.1, -0.05) is 19.3 Å². The maximum atomic E-state index is 13.0. The molecule has 1 aromatic rings. The smallest absolute Gasteiger partial charge is 0.344 e. The molecule has 0 aromatic heterocycles. The first kappa shape index (κ1) is 19.5. The maximum Gasteiger partial charge on any atom is 0.344 e. The Morgan fingerprint density at radius 1 is 1.10 bits per heavy atom. The molecule has 3 aliphatic rings. The van der Waals surface area contributed by atoms with Crippen LogP contribution in [0.2, 0.25) is 0 Å². The fourth-order valence-electron chi connectivity index (χ4n) is 4.59. The molecule has 0 bridgehead atoms. The molecule has 8 heteroatoms. The number of esters is 1. The minimum atomic E-state index is -0.936. The second-order valence-electron chi connectivity index (χ2n) is 7.72. The van der Waals surface area contributed by atoms with Crippen molar-refractivity contribution in [1.82, 2.24) is 10.2 Å². The van der Waals surface area contributed by atoms with Gasteiger partial charge in [0.1, 0.15) is 11.6 Å². The average Bonchev–Trinajstić information content (AvgIpc) is 3.27. The summed E-state index contributed by atoms with van der Waals surface area (Å²) in [6.45, 7) is 0. The summed E-state index contributed by atoms with van der Waals surface area (Å²) in [6.07, 6.45) is 5.05. The van der Waals surface area contributed by atoms with E-state index in [2.05, 4.69) is 5.32 Å². The number of carbonyl (C=O) groups is 3. The van der Waals surface area contributed by atoms with E-state index in [-0.39, 0.29) is 35.6 Å². The van der Waals surface area contributed by atoms with E-state index in [0.29, 0.717) is 17.7 Å². The Kier molecular flexibility index (Phi) is 5.34. The minimum Gasteiger partial charge on any atom is -0.493 e. The molecule has 29 heavy (non-hydrogen) atoms. The van der Waals surface area contributed by atoms with Crippen LogP contribution in [0.3, 0.4) is 0 Å². The largest absolute Gasteiger partial charge is 0.493 e. The van der Waals surface area contributed by atoms with Gasteiger partial charge in [-0.15, -0.1) is 0 Å². The van der Waals surface area contributed by atoms with Crippen LogP contribution in [0.1, 0.15) is 67.1 Å². The van der Waals surface area contributed by atoms with Crippen molar-refractivity contribution >= 4 is 17.8 Å². The van der Waals surface area contributed by atoms with Crippen molar-refractivity contribution < 1.29 is 28.6 Å². The van der Waals surface area contributed by atoms with Gasteiger partial charge in [-0.2, -0.15) is 0 Å². The Morgan fingerprint density at radius 3 is 2.55 bits per heavy atom. The normalized spacial score (nSPS) is 24.3. The highest BCUT2D eigenvalue weighted by atomic mass is 16.6. The van der Waals surface area contributed by atoms with Gasteiger partial charge in [0.25, 0.3) is 0 Å². The van der Waals surface area contributed by atoms with E-state index in [1.54, 1.807) is 12.1 Å². The first-order chi connectivity index (χ1) is 14.0. The van der Waals surface area contributed by atoms with Crippen molar-refractivity contribution in [2.75, 3.05) is 14.2 Å². The van der Waals surface area contributed by atoms with Gasteiger partial charge >= 0.3 is 5.97 Å². The summed E-state index contributed by atoms with van der Waals surface area (Å²) < 4.78 is 16.2. The SMILES string of the molecule is COc1ccc2c(c1OC)C(=O)O[C@H]2N1C(=O)CC[C@H]1C(=O)NC1CCCCC1. The van der Waals surface area contributed by atoms with Crippen LogP contribution in [0.4, 0.5) is 0 Å². The Bertz CT molecular complexity index is 833. The van der Waals surface area contributed by atoms with Gasteiger partial charge in [0.15, 0.2) is 11.5 Å². The Hall–Kier alpha value is -2.77. The van der Waals surface area contributed by atoms with Gasteiger partial charge in [-0.3, -0.25) is 14.5 Å². The molecule has 1 N–H and O–H groups in total. The molecule has 1 aliphatic carbocycles. The molecule has 156 valence electrons. The van der Waals surface area contributed by atoms with Crippen molar-refractivity contribution in [2.24, 2.45) is 0 Å². The van der Waals surface area contributed by atoms with Gasteiger partial charge in [0, 0.05) is 18.0 Å². The van der Waals surface area contributed by atoms with Gasteiger partial charge in [0.05, 0.1) is 14.2 Å². The molecule has 2 heterocycles. The third-order valence-corrected chi connectivity index (χ3v) is 6.03. The summed E-state index contributed by atoms with van der Waals surface area (Å²) >= 11 is 0. The van der Waals surface area contributed by atoms with Gasteiger partial charge in [-0.25, -0.2) is 4.79 Å². The number of rotatable bonds is 5. The lowest BCUT2D eigenvalue weighted by Crippen LogP contribution is -2.49. The first-order valence-corrected chi connectivity index (χ1v) is 10.1. The van der Waals surface area contributed by atoms with Gasteiger partial charge in [-0.05, 0) is 31.4 Å². The van der Waals surface area contributed by atoms with E-state index in [0.717, 1.165) is 25.7 Å². The lowest BCUT2D eigenvalue weighted by atomic mass is 9.95. The topological polar surface area (TPSA) is 94.2 Å². The van der Waals surface area contributed by atoms with E-state index in [1.165, 1.54) is 25.5 Å². The monoisotopic (exact) mass is 402 g/mol. The molecule has 1 saturated heterocycles. The van der Waals surface area contributed by atoms with Crippen molar-refractivity contribution in [3.63, 3.8) is 0 Å². The minimum absolute atomic E-state index is 0.150. The van der Waals surface area contributed by atoms with Crippen LogP contribution >= 0.6 is 0 Å². The highest BCUT2D eigenvalue weighted by Gasteiger charge is 2.48. The predicted molar refractivity (Wildman–Crippen MR) is 103 cm³/mol. The van der Waals surface area contributed by atoms with Crippen molar-refractivity contribution in [3.05, 3.63) is 23.3 Å². The van der Waals surface area contributed by atoms with Crippen molar-refractivity contribution in [2.45, 2.75) is 63.3 Å². The molecule has 4 rings (SSSR count). The molecular formula is C21H26N2O6. The van der Waals surface area contributed by atoms with Gasteiger partial charge < -0.3 is 19.5 Å². The molecule has 1 saturated carbocycles. The maximum absolute atomic E-state index is 13.0. The highest BCUT2D eigenvalue weighted by molar-refractivity contribution is 5.99. The zero-order valence-corrected chi connectivity index (χ0v) is 16.7. The molecule has 2 aliphatic heterocycles. The highest BCUT2D eigenvalue weighted by Crippen LogP contribution is 2.45. The number of fused-ring (bicyclic) bond motifs is 1. The number of nitrogens with zero attached hydrogens (tertiary/aromatic N) is 1. The molecule has 2 fully saturated rings. The molecular weight excluding hydrogens is 376 g/mol. The van der Waals surface area contributed by atoms with Crippen LogP contribution in [0.5, 0.6) is 11.5 Å². The Morgan fingerprint density at radius 2 is 1.86 bits per heavy atom. The quantitative estimate of drug-likeness (QED) is 0.760. The second kappa shape index (κ2) is 7.93. The van der Waals surface area contributed by atoms with Gasteiger partial charge in [0.2, 0.25) is 18.0 Å². The molecule has 2 atom stereocenters. The Labute approximate surface area is 169 Å². The van der Waals surface area contributed by atoms with Crippen LogP contribution in [-0.2, 0) is 14.3 Å². The van der Waals surface area contributed by atoms with Crippen LogP contribution in [0.15, 0.2) is 12.1 Å². The number of amides is 2. The number of likely N-dealkylation sites (tertiary alicyclic amines) is 1. The van der Waals surface area contributed by atoms with E-state index in [1.807, 2.05) is 0 Å². The molecule has 0 radical (unpaired) electrons. The molecule has 1 aromatic carbocycles. The molecule has 0 unspecified atom stereocenters. The van der Waals surface area contributed by atoms with E-state index >= 15 is 0 Å². The van der Waals surface area contributed by atoms with Crippen LogP contribution in [0.25, 0.3) is 0 Å². The number of ether oxygens (including phenoxy) is 3. The van der Waals surface area contributed by atoms with Crippen LogP contribution < -0.4 is 14.8 Å². The second-order valence-corrected chi connectivity index (χ2v) is 7.72. The van der Waals surface area contributed by atoms with Crippen molar-refractivity contribution in [1.29, 1.82) is 0 Å². The number of nitrogens with one attached hydrogen (secondary N) is 1. The number of benzene rings is 1. The van der Waals surface area contributed by atoms with E-state index in [9.17, 15) is 14.4 Å². The van der Waals surface area contributed by atoms with E-state index in [4.69, 9.17) is 14.2 Å². The first-order valence-electron chi connectivity index (χ1n) is 10.1. The summed E-state index contributed by atoms with van der Waals surface area (Å²) in [6, 6.07) is 2.86. The lowest BCUT2D eigenvalue weighted by molar-refractivity contribution is -0.146. The molecule has 2 amide bonds. The summed E-state index contributed by atoms with van der Waals surface area (Å²) in [5.41, 5.74) is 0.751. The Balaban J connectivity index is 1.61. The van der Waals surface area contributed by atoms with Crippen LogP contribution in [-0.4, -0.2) is 49.0 Å². The third kappa shape index (κ3) is 3.41. The summed E-state index contributed by atoms with van der Waals surface area (Å²) in [5, 5.41) is 3.09. The summed E-state index contributed by atoms with van der Waals surface area (Å²) in [5.74, 6) is -0.288. The number of hydrogen-bond donors (Lipinski definition) is 1. The van der Waals surface area contributed by atoms with Crippen molar-refractivity contribution in [3.8, 4) is 11.5 Å². The number of carbonyl (C=O) groups excluding carboxylic acids is 3. The fourth-order valence-corrected chi connectivity index (χ4v) is 4.59. The van der Waals surface area contributed by atoms with E-state index < -0.39 is 18.2 Å². The number of methoxy groups -OCH3 is 2. The number of cyclic esters (lactones) is 1. The molecule has 0 spiro atoms. The lowest BCUT2D eigenvalue weighted by Gasteiger charge is -2.31.